The van der Waals surface area contributed by atoms with E-state index in [2.05, 4.69) is 9.97 Å². The van der Waals surface area contributed by atoms with Crippen molar-refractivity contribution in [3.63, 3.8) is 0 Å². The number of hydrogen-bond donors (Lipinski definition) is 0. The highest BCUT2D eigenvalue weighted by Crippen LogP contribution is 2.30. The molecular weight excluding hydrogens is 418 g/mol. The normalized spacial score (nSPS) is 11.5. The summed E-state index contributed by atoms with van der Waals surface area (Å²) in [5, 5.41) is 0.453. The van der Waals surface area contributed by atoms with Crippen LogP contribution in [-0.4, -0.2) is 30.0 Å². The number of thiazole rings is 1. The number of carbonyl (C=O) groups excluding carboxylic acids is 1. The Labute approximate surface area is 178 Å². The van der Waals surface area contributed by atoms with Crippen LogP contribution in [-0.2, 0) is 21.2 Å². The van der Waals surface area contributed by atoms with Gasteiger partial charge in [0.25, 0.3) is 0 Å². The van der Waals surface area contributed by atoms with Gasteiger partial charge < -0.3 is 0 Å². The lowest BCUT2D eigenvalue weighted by molar-refractivity contribution is -0.116. The first-order chi connectivity index (χ1) is 14.4. The van der Waals surface area contributed by atoms with Crippen LogP contribution in [0.25, 0.3) is 10.2 Å². The topological polar surface area (TPSA) is 80.2 Å². The molecule has 0 fully saturated rings. The van der Waals surface area contributed by atoms with Gasteiger partial charge >= 0.3 is 0 Å². The van der Waals surface area contributed by atoms with Crippen LogP contribution in [0.4, 0.5) is 5.13 Å². The number of aryl methyl sites for hydroxylation is 1. The molecule has 2 aromatic carbocycles. The lowest BCUT2D eigenvalue weighted by atomic mass is 10.2. The molecule has 2 aromatic heterocycles. The van der Waals surface area contributed by atoms with E-state index in [-0.39, 0.29) is 11.4 Å². The Bertz CT molecular complexity index is 1290. The molecular formula is C22H19N3O3S2. The van der Waals surface area contributed by atoms with Crippen LogP contribution in [0.1, 0.15) is 11.3 Å². The standard InChI is InChI=1S/C22H19N3O3S2/c1-16-10-11-19-20(13-16)29-22(24-19)25(14-17-7-5-6-12-23-17)21(26)15-30(27,28)18-8-3-2-4-9-18/h2-13H,14-15H2,1H3. The Morgan fingerprint density at radius 2 is 1.80 bits per heavy atom. The van der Waals surface area contributed by atoms with Gasteiger partial charge in [0.15, 0.2) is 15.0 Å². The second kappa shape index (κ2) is 8.33. The lowest BCUT2D eigenvalue weighted by Gasteiger charge is -2.19. The monoisotopic (exact) mass is 437 g/mol. The number of anilines is 1. The predicted molar refractivity (Wildman–Crippen MR) is 118 cm³/mol. The number of rotatable bonds is 6. The fraction of sp³-hybridized carbons (Fsp3) is 0.136. The minimum Gasteiger partial charge on any atom is -0.281 e. The Morgan fingerprint density at radius 3 is 2.53 bits per heavy atom. The van der Waals surface area contributed by atoms with Crippen molar-refractivity contribution in [2.75, 3.05) is 10.7 Å². The van der Waals surface area contributed by atoms with Gasteiger partial charge in [-0.1, -0.05) is 41.7 Å². The molecule has 0 N–H and O–H groups in total. The van der Waals surface area contributed by atoms with Crippen molar-refractivity contribution in [2.24, 2.45) is 0 Å². The number of nitrogens with zero attached hydrogens (tertiary/aromatic N) is 3. The highest BCUT2D eigenvalue weighted by molar-refractivity contribution is 7.92. The van der Waals surface area contributed by atoms with Crippen molar-refractivity contribution in [1.82, 2.24) is 9.97 Å². The number of aromatic nitrogens is 2. The molecule has 0 aliphatic carbocycles. The molecule has 0 aliphatic heterocycles. The van der Waals surface area contributed by atoms with Crippen LogP contribution < -0.4 is 4.90 Å². The maximum absolute atomic E-state index is 13.2. The van der Waals surface area contributed by atoms with Crippen LogP contribution in [0.2, 0.25) is 0 Å². The molecule has 0 unspecified atom stereocenters. The first-order valence-corrected chi connectivity index (χ1v) is 11.7. The quantitative estimate of drug-likeness (QED) is 0.455. The van der Waals surface area contributed by atoms with Gasteiger partial charge in [-0.15, -0.1) is 0 Å². The maximum Gasteiger partial charge on any atom is 0.244 e. The van der Waals surface area contributed by atoms with Gasteiger partial charge in [-0.05, 0) is 48.9 Å². The van der Waals surface area contributed by atoms with Crippen molar-refractivity contribution in [3.8, 4) is 0 Å². The average molecular weight is 438 g/mol. The molecule has 0 atom stereocenters. The molecule has 0 saturated carbocycles. The number of amides is 1. The number of hydrogen-bond acceptors (Lipinski definition) is 6. The number of fused-ring (bicyclic) bond motifs is 1. The third-order valence-electron chi connectivity index (χ3n) is 4.53. The lowest BCUT2D eigenvalue weighted by Crippen LogP contribution is -2.35. The van der Waals surface area contributed by atoms with Crippen molar-refractivity contribution in [3.05, 3.63) is 84.2 Å². The van der Waals surface area contributed by atoms with Gasteiger partial charge in [-0.2, -0.15) is 0 Å². The smallest absolute Gasteiger partial charge is 0.244 e. The summed E-state index contributed by atoms with van der Waals surface area (Å²) in [5.41, 5.74) is 2.51. The van der Waals surface area contributed by atoms with E-state index in [1.807, 2.05) is 31.2 Å². The zero-order valence-corrected chi connectivity index (χ0v) is 17.9. The zero-order chi connectivity index (χ0) is 21.1. The van der Waals surface area contributed by atoms with E-state index in [1.165, 1.54) is 28.4 Å². The van der Waals surface area contributed by atoms with Gasteiger partial charge in [-0.3, -0.25) is 14.7 Å². The van der Waals surface area contributed by atoms with Crippen molar-refractivity contribution in [1.29, 1.82) is 0 Å². The summed E-state index contributed by atoms with van der Waals surface area (Å²) in [4.78, 5) is 23.6. The maximum atomic E-state index is 13.2. The highest BCUT2D eigenvalue weighted by atomic mass is 32.2. The predicted octanol–water partition coefficient (Wildman–Crippen LogP) is 4.01. The molecule has 0 radical (unpaired) electrons. The Balaban J connectivity index is 1.70. The summed E-state index contributed by atoms with van der Waals surface area (Å²) in [5.74, 6) is -1.18. The van der Waals surface area contributed by atoms with Crippen molar-refractivity contribution < 1.29 is 13.2 Å². The van der Waals surface area contributed by atoms with E-state index in [4.69, 9.17) is 0 Å². The second-order valence-corrected chi connectivity index (χ2v) is 9.84. The molecule has 152 valence electrons. The number of benzene rings is 2. The molecule has 1 amide bonds. The van der Waals surface area contributed by atoms with Gasteiger partial charge in [0, 0.05) is 6.20 Å². The number of pyridine rings is 1. The Kier molecular flexibility index (Phi) is 5.61. The Hall–Kier alpha value is -3.10. The molecule has 0 spiro atoms. The second-order valence-electron chi connectivity index (χ2n) is 6.84. The van der Waals surface area contributed by atoms with Gasteiger partial charge in [0.2, 0.25) is 5.91 Å². The molecule has 2 heterocycles. The first-order valence-electron chi connectivity index (χ1n) is 9.28. The van der Waals surface area contributed by atoms with E-state index in [0.29, 0.717) is 10.8 Å². The largest absolute Gasteiger partial charge is 0.281 e. The van der Waals surface area contributed by atoms with E-state index in [1.54, 1.807) is 36.5 Å². The van der Waals surface area contributed by atoms with Gasteiger partial charge in [0.1, 0.15) is 5.75 Å². The van der Waals surface area contributed by atoms with Crippen LogP contribution >= 0.6 is 11.3 Å². The highest BCUT2D eigenvalue weighted by Gasteiger charge is 2.27. The van der Waals surface area contributed by atoms with E-state index >= 15 is 0 Å². The van der Waals surface area contributed by atoms with Crippen molar-refractivity contribution >= 4 is 42.4 Å². The summed E-state index contributed by atoms with van der Waals surface area (Å²) in [6.07, 6.45) is 1.64. The molecule has 30 heavy (non-hydrogen) atoms. The third kappa shape index (κ3) is 4.39. The van der Waals surface area contributed by atoms with Crippen molar-refractivity contribution in [2.45, 2.75) is 18.4 Å². The molecule has 8 heteroatoms. The molecule has 6 nitrogen and oxygen atoms in total. The zero-order valence-electron chi connectivity index (χ0n) is 16.2. The van der Waals surface area contributed by atoms with Gasteiger partial charge in [0.05, 0.1) is 27.4 Å². The Morgan fingerprint density at radius 1 is 1.03 bits per heavy atom. The summed E-state index contributed by atoms with van der Waals surface area (Å²) in [6, 6.07) is 19.3. The van der Waals surface area contributed by atoms with Crippen LogP contribution in [0.3, 0.4) is 0 Å². The molecule has 0 aliphatic rings. The summed E-state index contributed by atoms with van der Waals surface area (Å²) >= 11 is 1.36. The SMILES string of the molecule is Cc1ccc2nc(N(Cc3ccccn3)C(=O)CS(=O)(=O)c3ccccc3)sc2c1. The number of sulfone groups is 1. The minimum absolute atomic E-state index is 0.121. The van der Waals surface area contributed by atoms with E-state index < -0.39 is 21.5 Å². The summed E-state index contributed by atoms with van der Waals surface area (Å²) in [6.45, 7) is 2.13. The summed E-state index contributed by atoms with van der Waals surface area (Å²) < 4.78 is 26.5. The minimum atomic E-state index is -3.78. The van der Waals surface area contributed by atoms with E-state index in [9.17, 15) is 13.2 Å². The number of carbonyl (C=O) groups is 1. The van der Waals surface area contributed by atoms with Crippen LogP contribution in [0, 0.1) is 6.92 Å². The van der Waals surface area contributed by atoms with Gasteiger partial charge in [-0.25, -0.2) is 13.4 Å². The summed E-state index contributed by atoms with van der Waals surface area (Å²) in [7, 11) is -3.78. The van der Waals surface area contributed by atoms with Crippen LogP contribution in [0.15, 0.2) is 77.8 Å². The average Bonchev–Trinajstić information content (AvgIpc) is 3.15. The van der Waals surface area contributed by atoms with E-state index in [0.717, 1.165) is 15.8 Å². The molecule has 4 rings (SSSR count). The molecule has 0 bridgehead atoms. The molecule has 4 aromatic rings. The third-order valence-corrected chi connectivity index (χ3v) is 7.19. The fourth-order valence-corrected chi connectivity index (χ4v) is 5.30. The molecule has 0 saturated heterocycles. The fourth-order valence-electron chi connectivity index (χ4n) is 3.00. The first kappa shape index (κ1) is 20.2. The van der Waals surface area contributed by atoms with Crippen LogP contribution in [0.5, 0.6) is 0 Å².